The maximum Gasteiger partial charge on any atom is 0.408 e. The number of hydrogen-bond donors (Lipinski definition) is 1. The molecule has 10 nitrogen and oxygen atoms in total. The van der Waals surface area contributed by atoms with E-state index in [0.717, 1.165) is 5.69 Å². The van der Waals surface area contributed by atoms with Crippen molar-refractivity contribution in [2.24, 2.45) is 7.05 Å². The lowest BCUT2D eigenvalue weighted by atomic mass is 10.0. The van der Waals surface area contributed by atoms with Crippen LogP contribution in [0.25, 0.3) is 0 Å². The molecule has 0 aliphatic carbocycles. The molecule has 0 saturated heterocycles. The minimum Gasteiger partial charge on any atom is -0.491 e. The standard InChI is InChI=1S/C21H29N5O5/c1-12-16-17(25(5)24-12)14(23-20(28)31-21(2,3)4)8-9-26(16)19(27)13-10-15(29-6)18(30-7)22-11-13/h10-11,14H,8-9H2,1-7H3,(H,23,28). The quantitative estimate of drug-likeness (QED) is 0.793. The number of nitrogens with zero attached hydrogens (tertiary/aromatic N) is 4. The highest BCUT2D eigenvalue weighted by Gasteiger charge is 2.36. The van der Waals surface area contributed by atoms with E-state index >= 15 is 0 Å². The number of aromatic nitrogens is 3. The van der Waals surface area contributed by atoms with Crippen molar-refractivity contribution in [3.8, 4) is 11.6 Å². The molecule has 0 fully saturated rings. The summed E-state index contributed by atoms with van der Waals surface area (Å²) in [5, 5.41) is 7.39. The Morgan fingerprint density at radius 1 is 1.23 bits per heavy atom. The van der Waals surface area contributed by atoms with Crippen LogP contribution >= 0.6 is 0 Å². The van der Waals surface area contributed by atoms with E-state index < -0.39 is 11.7 Å². The molecule has 3 rings (SSSR count). The second-order valence-corrected chi connectivity index (χ2v) is 8.32. The molecule has 168 valence electrons. The van der Waals surface area contributed by atoms with Gasteiger partial charge in [-0.05, 0) is 34.1 Å². The van der Waals surface area contributed by atoms with Crippen molar-refractivity contribution in [2.75, 3.05) is 25.7 Å². The fourth-order valence-electron chi connectivity index (χ4n) is 3.69. The van der Waals surface area contributed by atoms with Crippen LogP contribution in [0.3, 0.4) is 0 Å². The van der Waals surface area contributed by atoms with Crippen LogP contribution in [0, 0.1) is 6.92 Å². The molecule has 1 atom stereocenters. The first-order valence-electron chi connectivity index (χ1n) is 9.98. The number of carbonyl (C=O) groups excluding carboxylic acids is 2. The number of alkyl carbamates (subject to hydrolysis) is 1. The van der Waals surface area contributed by atoms with Crippen molar-refractivity contribution in [3.63, 3.8) is 0 Å². The predicted octanol–water partition coefficient (Wildman–Crippen LogP) is 2.76. The minimum absolute atomic E-state index is 0.235. The van der Waals surface area contributed by atoms with Crippen molar-refractivity contribution >= 4 is 17.7 Å². The van der Waals surface area contributed by atoms with Gasteiger partial charge in [0.05, 0.1) is 42.9 Å². The maximum absolute atomic E-state index is 13.3. The van der Waals surface area contributed by atoms with Crippen LogP contribution < -0.4 is 19.7 Å². The molecule has 1 aliphatic rings. The molecule has 0 spiro atoms. The Balaban J connectivity index is 1.92. The van der Waals surface area contributed by atoms with Gasteiger partial charge in [0.1, 0.15) is 5.60 Å². The monoisotopic (exact) mass is 431 g/mol. The van der Waals surface area contributed by atoms with E-state index in [9.17, 15) is 9.59 Å². The van der Waals surface area contributed by atoms with Gasteiger partial charge in [-0.15, -0.1) is 0 Å². The molecule has 2 aromatic rings. The molecule has 0 bridgehead atoms. The van der Waals surface area contributed by atoms with Gasteiger partial charge in [0.15, 0.2) is 5.75 Å². The molecule has 10 heteroatoms. The molecule has 31 heavy (non-hydrogen) atoms. The molecule has 1 N–H and O–H groups in total. The fourth-order valence-corrected chi connectivity index (χ4v) is 3.69. The lowest BCUT2D eigenvalue weighted by molar-refractivity contribution is 0.0498. The van der Waals surface area contributed by atoms with E-state index in [1.807, 2.05) is 27.7 Å². The summed E-state index contributed by atoms with van der Waals surface area (Å²) in [4.78, 5) is 31.5. The number of amides is 2. The van der Waals surface area contributed by atoms with Crippen LogP contribution in [0.4, 0.5) is 10.5 Å². The average molecular weight is 431 g/mol. The number of ether oxygens (including phenoxy) is 3. The zero-order valence-electron chi connectivity index (χ0n) is 19.0. The second-order valence-electron chi connectivity index (χ2n) is 8.32. The third-order valence-electron chi connectivity index (χ3n) is 4.89. The predicted molar refractivity (Wildman–Crippen MR) is 114 cm³/mol. The lowest BCUT2D eigenvalue weighted by Crippen LogP contribution is -2.43. The molecular weight excluding hydrogens is 402 g/mol. The van der Waals surface area contributed by atoms with Crippen LogP contribution in [-0.4, -0.2) is 53.1 Å². The van der Waals surface area contributed by atoms with Crippen LogP contribution in [0.5, 0.6) is 11.6 Å². The Bertz CT molecular complexity index is 995. The summed E-state index contributed by atoms with van der Waals surface area (Å²) in [5.74, 6) is 0.442. The van der Waals surface area contributed by atoms with E-state index in [1.165, 1.54) is 20.4 Å². The zero-order valence-corrected chi connectivity index (χ0v) is 19.0. The number of carbonyl (C=O) groups is 2. The minimum atomic E-state index is -0.605. The van der Waals surface area contributed by atoms with Crippen molar-refractivity contribution in [2.45, 2.75) is 45.8 Å². The van der Waals surface area contributed by atoms with E-state index in [-0.39, 0.29) is 11.9 Å². The first-order valence-corrected chi connectivity index (χ1v) is 9.98. The molecule has 2 aromatic heterocycles. The highest BCUT2D eigenvalue weighted by Crippen LogP contribution is 2.37. The Morgan fingerprint density at radius 2 is 1.94 bits per heavy atom. The lowest BCUT2D eigenvalue weighted by Gasteiger charge is -2.33. The molecule has 1 aliphatic heterocycles. The molecular formula is C21H29N5O5. The smallest absolute Gasteiger partial charge is 0.408 e. The topological polar surface area (TPSA) is 108 Å². The number of aryl methyl sites for hydroxylation is 2. The van der Waals surface area contributed by atoms with Gasteiger partial charge >= 0.3 is 6.09 Å². The van der Waals surface area contributed by atoms with Gasteiger partial charge in [-0.25, -0.2) is 9.78 Å². The first kappa shape index (κ1) is 22.4. The number of nitrogens with one attached hydrogen (secondary N) is 1. The van der Waals surface area contributed by atoms with Gasteiger partial charge in [0.25, 0.3) is 11.8 Å². The van der Waals surface area contributed by atoms with Gasteiger partial charge < -0.3 is 24.4 Å². The van der Waals surface area contributed by atoms with Crippen LogP contribution in [0.2, 0.25) is 0 Å². The Morgan fingerprint density at radius 3 is 2.55 bits per heavy atom. The summed E-state index contributed by atoms with van der Waals surface area (Å²) in [6.45, 7) is 7.66. The van der Waals surface area contributed by atoms with Gasteiger partial charge in [0.2, 0.25) is 0 Å². The molecule has 2 amide bonds. The van der Waals surface area contributed by atoms with E-state index in [2.05, 4.69) is 15.4 Å². The molecule has 0 saturated carbocycles. The van der Waals surface area contributed by atoms with Crippen molar-refractivity contribution in [3.05, 3.63) is 29.2 Å². The molecule has 1 unspecified atom stereocenters. The summed E-state index contributed by atoms with van der Waals surface area (Å²) in [6.07, 6.45) is 1.46. The van der Waals surface area contributed by atoms with Crippen molar-refractivity contribution in [1.82, 2.24) is 20.1 Å². The number of pyridine rings is 1. The van der Waals surface area contributed by atoms with E-state index in [4.69, 9.17) is 14.2 Å². The van der Waals surface area contributed by atoms with E-state index in [0.29, 0.717) is 41.5 Å². The number of rotatable bonds is 4. The molecule has 3 heterocycles. The normalized spacial score (nSPS) is 15.8. The average Bonchev–Trinajstić information content (AvgIpc) is 3.00. The number of fused-ring (bicyclic) bond motifs is 1. The largest absolute Gasteiger partial charge is 0.491 e. The fraction of sp³-hybridized carbons (Fsp3) is 0.524. The van der Waals surface area contributed by atoms with Crippen LogP contribution in [-0.2, 0) is 11.8 Å². The van der Waals surface area contributed by atoms with E-state index in [1.54, 1.807) is 22.7 Å². The third-order valence-corrected chi connectivity index (χ3v) is 4.89. The summed E-state index contributed by atoms with van der Waals surface area (Å²) in [5.41, 5.74) is 1.87. The van der Waals surface area contributed by atoms with Crippen LogP contribution in [0.15, 0.2) is 12.3 Å². The summed E-state index contributed by atoms with van der Waals surface area (Å²) < 4.78 is 17.5. The number of hydrogen-bond acceptors (Lipinski definition) is 7. The summed E-state index contributed by atoms with van der Waals surface area (Å²) >= 11 is 0. The zero-order chi connectivity index (χ0) is 22.9. The van der Waals surface area contributed by atoms with Gasteiger partial charge in [-0.3, -0.25) is 9.48 Å². The maximum atomic E-state index is 13.3. The van der Waals surface area contributed by atoms with Crippen molar-refractivity contribution < 1.29 is 23.8 Å². The Hall–Kier alpha value is -3.30. The van der Waals surface area contributed by atoms with Gasteiger partial charge in [0, 0.05) is 25.9 Å². The molecule has 0 aromatic carbocycles. The number of methoxy groups -OCH3 is 2. The highest BCUT2D eigenvalue weighted by atomic mass is 16.6. The number of anilines is 1. The third kappa shape index (κ3) is 4.57. The van der Waals surface area contributed by atoms with Crippen LogP contribution in [0.1, 0.15) is 55.0 Å². The SMILES string of the molecule is COc1cc(C(=O)N2CCC(NC(=O)OC(C)(C)C)c3c2c(C)nn3C)cnc1OC. The highest BCUT2D eigenvalue weighted by molar-refractivity contribution is 6.07. The second kappa shape index (κ2) is 8.44. The van der Waals surface area contributed by atoms with Gasteiger partial charge in [-0.2, -0.15) is 5.10 Å². The molecule has 0 radical (unpaired) electrons. The Kier molecular flexibility index (Phi) is 6.10. The summed E-state index contributed by atoms with van der Waals surface area (Å²) in [6, 6.07) is 1.27. The first-order chi connectivity index (χ1) is 14.6. The Labute approximate surface area is 181 Å². The summed E-state index contributed by atoms with van der Waals surface area (Å²) in [7, 11) is 4.77. The van der Waals surface area contributed by atoms with Gasteiger partial charge in [-0.1, -0.05) is 0 Å². The van der Waals surface area contributed by atoms with Crippen molar-refractivity contribution in [1.29, 1.82) is 0 Å².